The maximum Gasteiger partial charge on any atom is 0.415 e. The van der Waals surface area contributed by atoms with Crippen molar-refractivity contribution in [1.82, 2.24) is 20.4 Å². The summed E-state index contributed by atoms with van der Waals surface area (Å²) < 4.78 is 5.43. The van der Waals surface area contributed by atoms with Crippen LogP contribution in [-0.4, -0.2) is 78.9 Å². The number of hydrogen-bond donors (Lipinski definition) is 2. The lowest BCUT2D eigenvalue weighted by atomic mass is 9.86. The second-order valence-corrected chi connectivity index (χ2v) is 9.95. The summed E-state index contributed by atoms with van der Waals surface area (Å²) in [5, 5.41) is 7.41. The summed E-state index contributed by atoms with van der Waals surface area (Å²) in [6.45, 7) is 2.52. The summed E-state index contributed by atoms with van der Waals surface area (Å²) in [6.07, 6.45) is 7.89. The summed E-state index contributed by atoms with van der Waals surface area (Å²) in [5.74, 6) is 0.498. The highest BCUT2D eigenvalue weighted by molar-refractivity contribution is 6.32. The van der Waals surface area contributed by atoms with Gasteiger partial charge in [-0.05, 0) is 56.8 Å². The Hall–Kier alpha value is -2.16. The van der Waals surface area contributed by atoms with Gasteiger partial charge in [-0.25, -0.2) is 4.79 Å². The third-order valence-electron chi connectivity index (χ3n) is 7.29. The molecule has 2 heterocycles. The van der Waals surface area contributed by atoms with Crippen LogP contribution in [0.15, 0.2) is 24.3 Å². The van der Waals surface area contributed by atoms with Crippen molar-refractivity contribution in [2.24, 2.45) is 5.92 Å². The summed E-state index contributed by atoms with van der Waals surface area (Å²) in [4.78, 5) is 41.6. The number of hydrogen-bond acceptors (Lipinski definition) is 6. The van der Waals surface area contributed by atoms with E-state index in [1.165, 1.54) is 24.2 Å². The van der Waals surface area contributed by atoms with Crippen LogP contribution in [0.1, 0.15) is 44.9 Å². The molecule has 0 spiro atoms. The highest BCUT2D eigenvalue weighted by atomic mass is 35.5. The highest BCUT2D eigenvalue weighted by Crippen LogP contribution is 2.26. The Morgan fingerprint density at radius 1 is 1.09 bits per heavy atom. The number of benzene rings is 1. The van der Waals surface area contributed by atoms with E-state index in [4.69, 9.17) is 16.3 Å². The monoisotopic (exact) mass is 490 g/mol. The van der Waals surface area contributed by atoms with Gasteiger partial charge in [-0.3, -0.25) is 4.79 Å². The molecule has 1 aromatic rings. The van der Waals surface area contributed by atoms with E-state index in [1.807, 2.05) is 0 Å². The van der Waals surface area contributed by atoms with Crippen molar-refractivity contribution in [2.45, 2.75) is 63.1 Å². The smallest absolute Gasteiger partial charge is 0.409 e. The molecule has 1 aromatic carbocycles. The maximum absolute atomic E-state index is 13.8. The first-order valence-corrected chi connectivity index (χ1v) is 12.9. The number of aldehydes is 1. The number of nitrogens with one attached hydrogen (secondary N) is 2. The van der Waals surface area contributed by atoms with Gasteiger partial charge in [0.15, 0.2) is 5.75 Å². The SMILES string of the molecule is O=C[C@@H]1CN(C(=O)Oc2ccccc2Cl)CCN1C(=O)[C@H](NC1CCCCC1)C1CCNCC1. The number of ether oxygens (including phenoxy) is 1. The first kappa shape index (κ1) is 24.9. The van der Waals surface area contributed by atoms with Crippen molar-refractivity contribution in [2.75, 3.05) is 32.7 Å². The number of halogens is 1. The van der Waals surface area contributed by atoms with E-state index in [0.717, 1.165) is 45.1 Å². The van der Waals surface area contributed by atoms with Crippen LogP contribution in [0.4, 0.5) is 4.79 Å². The molecule has 34 heavy (non-hydrogen) atoms. The standard InChI is InChI=1S/C25H35ClN4O4/c26-21-8-4-5-9-22(21)34-25(33)29-14-15-30(20(16-29)17-31)24(32)23(18-10-12-27-13-11-18)28-19-6-2-1-3-7-19/h4-5,8-9,17-20,23,27-28H,1-3,6-7,10-16H2/t20-,23+/m0/s1. The molecule has 3 aliphatic rings. The molecule has 0 unspecified atom stereocenters. The molecule has 8 nitrogen and oxygen atoms in total. The summed E-state index contributed by atoms with van der Waals surface area (Å²) in [6, 6.07) is 6.12. The van der Waals surface area contributed by atoms with Crippen molar-refractivity contribution in [3.8, 4) is 5.75 Å². The van der Waals surface area contributed by atoms with Crippen LogP contribution in [-0.2, 0) is 9.59 Å². The number of nitrogens with zero attached hydrogens (tertiary/aromatic N) is 2. The first-order valence-electron chi connectivity index (χ1n) is 12.5. The second kappa shape index (κ2) is 12.0. The largest absolute Gasteiger partial charge is 0.415 e. The van der Waals surface area contributed by atoms with E-state index in [0.29, 0.717) is 24.2 Å². The molecular formula is C25H35ClN4O4. The van der Waals surface area contributed by atoms with Crippen LogP contribution < -0.4 is 15.4 Å². The number of piperidine rings is 1. The zero-order chi connectivity index (χ0) is 23.9. The fraction of sp³-hybridized carbons (Fsp3) is 0.640. The van der Waals surface area contributed by atoms with Crippen molar-refractivity contribution in [3.05, 3.63) is 29.3 Å². The lowest BCUT2D eigenvalue weighted by Gasteiger charge is -2.42. The zero-order valence-corrected chi connectivity index (χ0v) is 20.3. The number of carbonyl (C=O) groups excluding carboxylic acids is 3. The van der Waals surface area contributed by atoms with Crippen molar-refractivity contribution in [1.29, 1.82) is 0 Å². The van der Waals surface area contributed by atoms with Crippen LogP contribution in [0, 0.1) is 5.92 Å². The fourth-order valence-corrected chi connectivity index (χ4v) is 5.51. The second-order valence-electron chi connectivity index (χ2n) is 9.55. The van der Waals surface area contributed by atoms with Gasteiger partial charge in [-0.2, -0.15) is 0 Å². The lowest BCUT2D eigenvalue weighted by Crippen LogP contribution is -2.63. The third-order valence-corrected chi connectivity index (χ3v) is 7.60. The zero-order valence-electron chi connectivity index (χ0n) is 19.6. The number of para-hydroxylation sites is 1. The van der Waals surface area contributed by atoms with Gasteiger partial charge in [0.1, 0.15) is 12.3 Å². The van der Waals surface area contributed by atoms with Crippen LogP contribution >= 0.6 is 11.6 Å². The molecular weight excluding hydrogens is 456 g/mol. The van der Waals surface area contributed by atoms with Crippen molar-refractivity contribution in [3.63, 3.8) is 0 Å². The van der Waals surface area contributed by atoms with Gasteiger partial charge < -0.3 is 30.0 Å². The Kier molecular flexibility index (Phi) is 8.80. The average molecular weight is 491 g/mol. The van der Waals surface area contributed by atoms with Gasteiger partial charge in [0, 0.05) is 19.1 Å². The van der Waals surface area contributed by atoms with E-state index in [-0.39, 0.29) is 30.2 Å². The number of carbonyl (C=O) groups is 3. The van der Waals surface area contributed by atoms with Crippen molar-refractivity contribution < 1.29 is 19.1 Å². The first-order chi connectivity index (χ1) is 16.6. The molecule has 9 heteroatoms. The van der Waals surface area contributed by atoms with Gasteiger partial charge in [0.05, 0.1) is 17.6 Å². The highest BCUT2D eigenvalue weighted by Gasteiger charge is 2.39. The van der Waals surface area contributed by atoms with Gasteiger partial charge in [-0.15, -0.1) is 0 Å². The average Bonchev–Trinajstić information content (AvgIpc) is 2.89. The van der Waals surface area contributed by atoms with Crippen LogP contribution in [0.2, 0.25) is 5.02 Å². The molecule has 2 saturated heterocycles. The molecule has 3 fully saturated rings. The predicted molar refractivity (Wildman–Crippen MR) is 130 cm³/mol. The Morgan fingerprint density at radius 2 is 1.82 bits per heavy atom. The molecule has 0 radical (unpaired) electrons. The molecule has 186 valence electrons. The molecule has 1 saturated carbocycles. The van der Waals surface area contributed by atoms with Crippen LogP contribution in [0.3, 0.4) is 0 Å². The van der Waals surface area contributed by atoms with Gasteiger partial charge in [-0.1, -0.05) is 43.0 Å². The van der Waals surface area contributed by atoms with Gasteiger partial charge in [0.25, 0.3) is 0 Å². The maximum atomic E-state index is 13.8. The quantitative estimate of drug-likeness (QED) is 0.596. The van der Waals surface area contributed by atoms with Crippen LogP contribution in [0.25, 0.3) is 0 Å². The van der Waals surface area contributed by atoms with Gasteiger partial charge >= 0.3 is 6.09 Å². The minimum atomic E-state index is -0.697. The molecule has 0 bridgehead atoms. The van der Waals surface area contributed by atoms with E-state index >= 15 is 0 Å². The predicted octanol–water partition coefficient (Wildman–Crippen LogP) is 2.84. The van der Waals surface area contributed by atoms with Gasteiger partial charge in [0.2, 0.25) is 5.91 Å². The Bertz CT molecular complexity index is 857. The molecule has 2 N–H and O–H groups in total. The van der Waals surface area contributed by atoms with E-state index in [2.05, 4.69) is 10.6 Å². The molecule has 0 aromatic heterocycles. The molecule has 1 aliphatic carbocycles. The minimum absolute atomic E-state index is 0.0197. The number of piperazine rings is 1. The normalized spacial score (nSPS) is 23.4. The molecule has 2 amide bonds. The summed E-state index contributed by atoms with van der Waals surface area (Å²) in [5.41, 5.74) is 0. The number of rotatable bonds is 6. The number of amides is 2. The fourth-order valence-electron chi connectivity index (χ4n) is 5.34. The third kappa shape index (κ3) is 6.09. The Balaban J connectivity index is 1.42. The Morgan fingerprint density at radius 3 is 2.53 bits per heavy atom. The molecule has 2 aliphatic heterocycles. The Labute approximate surface area is 206 Å². The topological polar surface area (TPSA) is 91.0 Å². The summed E-state index contributed by atoms with van der Waals surface area (Å²) in [7, 11) is 0. The molecule has 4 rings (SSSR count). The van der Waals surface area contributed by atoms with E-state index < -0.39 is 12.1 Å². The van der Waals surface area contributed by atoms with Crippen LogP contribution in [0.5, 0.6) is 5.75 Å². The van der Waals surface area contributed by atoms with Crippen molar-refractivity contribution >= 4 is 29.9 Å². The summed E-state index contributed by atoms with van der Waals surface area (Å²) >= 11 is 6.10. The van der Waals surface area contributed by atoms with E-state index in [9.17, 15) is 14.4 Å². The molecule has 2 atom stereocenters. The lowest BCUT2D eigenvalue weighted by molar-refractivity contribution is -0.142. The minimum Gasteiger partial charge on any atom is -0.409 e. The van der Waals surface area contributed by atoms with E-state index in [1.54, 1.807) is 29.2 Å².